The normalized spacial score (nSPS) is 10.9. The van der Waals surface area contributed by atoms with Crippen LogP contribution in [0, 0.1) is 0 Å². The first-order valence-corrected chi connectivity index (χ1v) is 6.11. The average Bonchev–Trinajstić information content (AvgIpc) is 2.46. The molecule has 0 atom stereocenters. The monoisotopic (exact) mass is 269 g/mol. The molecule has 0 aliphatic rings. The van der Waals surface area contributed by atoms with E-state index < -0.39 is 6.03 Å². The predicted molar refractivity (Wildman–Crippen MR) is 78.9 cm³/mol. The summed E-state index contributed by atoms with van der Waals surface area (Å²) in [6.07, 6.45) is 0. The van der Waals surface area contributed by atoms with Gasteiger partial charge in [0, 0.05) is 11.3 Å². The van der Waals surface area contributed by atoms with Crippen LogP contribution in [0.15, 0.2) is 59.7 Å². The van der Waals surface area contributed by atoms with E-state index in [4.69, 9.17) is 0 Å². The Labute approximate surface area is 117 Å². The molecule has 2 aromatic rings. The number of aromatic hydroxyl groups is 1. The molecule has 0 aliphatic heterocycles. The summed E-state index contributed by atoms with van der Waals surface area (Å²) in [5.74, 6) is 0.158. The van der Waals surface area contributed by atoms with Crippen LogP contribution in [-0.4, -0.2) is 16.8 Å². The van der Waals surface area contributed by atoms with Crippen molar-refractivity contribution in [3.05, 3.63) is 60.2 Å². The van der Waals surface area contributed by atoms with Gasteiger partial charge in [-0.25, -0.2) is 10.2 Å². The molecule has 102 valence electrons. The highest BCUT2D eigenvalue weighted by molar-refractivity contribution is 6.00. The van der Waals surface area contributed by atoms with E-state index in [-0.39, 0.29) is 5.75 Å². The molecule has 5 nitrogen and oxygen atoms in total. The van der Waals surface area contributed by atoms with E-state index in [0.29, 0.717) is 11.4 Å². The summed E-state index contributed by atoms with van der Waals surface area (Å²) in [5.41, 5.74) is 4.44. The van der Waals surface area contributed by atoms with Gasteiger partial charge in [-0.3, -0.25) is 0 Å². The maximum absolute atomic E-state index is 11.6. The second-order valence-corrected chi connectivity index (χ2v) is 4.18. The molecule has 0 saturated heterocycles. The van der Waals surface area contributed by atoms with Gasteiger partial charge in [0.1, 0.15) is 5.75 Å². The van der Waals surface area contributed by atoms with Crippen molar-refractivity contribution in [3.63, 3.8) is 0 Å². The van der Waals surface area contributed by atoms with Crippen LogP contribution in [0.1, 0.15) is 12.5 Å². The molecule has 0 heterocycles. The highest BCUT2D eigenvalue weighted by Gasteiger charge is 2.02. The van der Waals surface area contributed by atoms with Gasteiger partial charge >= 0.3 is 6.03 Å². The third-order valence-electron chi connectivity index (χ3n) is 2.62. The molecule has 5 heteroatoms. The zero-order chi connectivity index (χ0) is 14.4. The summed E-state index contributed by atoms with van der Waals surface area (Å²) in [6, 6.07) is 15.3. The molecule has 0 bridgehead atoms. The quantitative estimate of drug-likeness (QED) is 0.592. The predicted octanol–water partition coefficient (Wildman–Crippen LogP) is 2.94. The number of carbonyl (C=O) groups is 1. The number of nitrogens with zero attached hydrogens (tertiary/aromatic N) is 1. The maximum Gasteiger partial charge on any atom is 0.339 e. The number of anilines is 1. The molecule has 2 aromatic carbocycles. The molecule has 0 aromatic heterocycles. The van der Waals surface area contributed by atoms with Gasteiger partial charge in [-0.15, -0.1) is 0 Å². The number of urea groups is 1. The zero-order valence-electron chi connectivity index (χ0n) is 11.0. The lowest BCUT2D eigenvalue weighted by Crippen LogP contribution is -2.25. The van der Waals surface area contributed by atoms with E-state index in [1.807, 2.05) is 18.2 Å². The molecule has 0 spiro atoms. The van der Waals surface area contributed by atoms with Gasteiger partial charge in [0.25, 0.3) is 0 Å². The first-order valence-electron chi connectivity index (χ1n) is 6.11. The second kappa shape index (κ2) is 6.38. The number of carbonyl (C=O) groups excluding carboxylic acids is 1. The Morgan fingerprint density at radius 2 is 1.85 bits per heavy atom. The molecule has 0 aliphatic carbocycles. The summed E-state index contributed by atoms with van der Waals surface area (Å²) in [5, 5.41) is 16.0. The topological polar surface area (TPSA) is 73.7 Å². The summed E-state index contributed by atoms with van der Waals surface area (Å²) >= 11 is 0. The van der Waals surface area contributed by atoms with E-state index in [2.05, 4.69) is 15.8 Å². The lowest BCUT2D eigenvalue weighted by atomic mass is 10.1. The minimum Gasteiger partial charge on any atom is -0.508 e. The van der Waals surface area contributed by atoms with Gasteiger partial charge in [0.15, 0.2) is 0 Å². The fraction of sp³-hybridized carbons (Fsp3) is 0.0667. The number of phenols is 1. The molecule has 0 unspecified atom stereocenters. The van der Waals surface area contributed by atoms with Crippen LogP contribution in [0.3, 0.4) is 0 Å². The molecule has 2 amide bonds. The van der Waals surface area contributed by atoms with E-state index in [0.717, 1.165) is 5.56 Å². The lowest BCUT2D eigenvalue weighted by Gasteiger charge is -2.05. The van der Waals surface area contributed by atoms with Gasteiger partial charge < -0.3 is 10.4 Å². The molecule has 0 fully saturated rings. The number of phenolic OH excluding ortho intramolecular Hbond substituents is 1. The minimum absolute atomic E-state index is 0.158. The fourth-order valence-electron chi connectivity index (χ4n) is 1.61. The number of rotatable bonds is 3. The zero-order valence-corrected chi connectivity index (χ0v) is 11.0. The van der Waals surface area contributed by atoms with Crippen molar-refractivity contribution in [2.45, 2.75) is 6.92 Å². The summed E-state index contributed by atoms with van der Waals surface area (Å²) < 4.78 is 0. The Hall–Kier alpha value is -2.82. The van der Waals surface area contributed by atoms with Crippen molar-refractivity contribution in [1.82, 2.24) is 5.43 Å². The van der Waals surface area contributed by atoms with Crippen molar-refractivity contribution >= 4 is 17.4 Å². The van der Waals surface area contributed by atoms with Crippen LogP contribution >= 0.6 is 0 Å². The third kappa shape index (κ3) is 3.84. The van der Waals surface area contributed by atoms with Crippen LogP contribution in [0.4, 0.5) is 10.5 Å². The van der Waals surface area contributed by atoms with E-state index in [9.17, 15) is 9.90 Å². The van der Waals surface area contributed by atoms with Gasteiger partial charge in [0.05, 0.1) is 5.71 Å². The second-order valence-electron chi connectivity index (χ2n) is 4.18. The first-order chi connectivity index (χ1) is 9.65. The highest BCUT2D eigenvalue weighted by Crippen LogP contribution is 2.11. The van der Waals surface area contributed by atoms with Crippen LogP contribution in [0.25, 0.3) is 0 Å². The molecule has 0 radical (unpaired) electrons. The minimum atomic E-state index is -0.421. The van der Waals surface area contributed by atoms with Crippen molar-refractivity contribution in [1.29, 1.82) is 0 Å². The number of benzene rings is 2. The number of nitrogens with one attached hydrogen (secondary N) is 2. The number of para-hydroxylation sites is 1. The van der Waals surface area contributed by atoms with Crippen molar-refractivity contribution in [3.8, 4) is 5.75 Å². The molecule has 0 saturated carbocycles. The number of amides is 2. The number of hydrogen-bond acceptors (Lipinski definition) is 3. The lowest BCUT2D eigenvalue weighted by molar-refractivity contribution is 0.252. The van der Waals surface area contributed by atoms with Gasteiger partial charge in [-0.1, -0.05) is 30.3 Å². The SMILES string of the molecule is C/C(=N/NC(=O)Nc1ccccc1)c1cccc(O)c1. The number of hydrazone groups is 1. The first kappa shape index (κ1) is 13.6. The van der Waals surface area contributed by atoms with Crippen molar-refractivity contribution in [2.24, 2.45) is 5.10 Å². The largest absolute Gasteiger partial charge is 0.508 e. The summed E-state index contributed by atoms with van der Waals surface area (Å²) in [4.78, 5) is 11.6. The Balaban J connectivity index is 1.97. The van der Waals surface area contributed by atoms with Crippen molar-refractivity contribution in [2.75, 3.05) is 5.32 Å². The smallest absolute Gasteiger partial charge is 0.339 e. The van der Waals surface area contributed by atoms with Crippen LogP contribution < -0.4 is 10.7 Å². The van der Waals surface area contributed by atoms with E-state index >= 15 is 0 Å². The van der Waals surface area contributed by atoms with Gasteiger partial charge in [-0.05, 0) is 31.2 Å². The molecule has 20 heavy (non-hydrogen) atoms. The van der Waals surface area contributed by atoms with Crippen LogP contribution in [0.2, 0.25) is 0 Å². The summed E-state index contributed by atoms with van der Waals surface area (Å²) in [6.45, 7) is 1.75. The Kier molecular flexibility index (Phi) is 4.34. The van der Waals surface area contributed by atoms with Crippen LogP contribution in [0.5, 0.6) is 5.75 Å². The summed E-state index contributed by atoms with van der Waals surface area (Å²) in [7, 11) is 0. The molecular formula is C15H15N3O2. The van der Waals surface area contributed by atoms with Crippen molar-refractivity contribution < 1.29 is 9.90 Å². The molecule has 3 N–H and O–H groups in total. The molecule has 2 rings (SSSR count). The number of hydrogen-bond donors (Lipinski definition) is 3. The van der Waals surface area contributed by atoms with Gasteiger partial charge in [-0.2, -0.15) is 5.10 Å². The Bertz CT molecular complexity index is 624. The van der Waals surface area contributed by atoms with E-state index in [1.165, 1.54) is 0 Å². The van der Waals surface area contributed by atoms with Crippen LogP contribution in [-0.2, 0) is 0 Å². The van der Waals surface area contributed by atoms with E-state index in [1.54, 1.807) is 43.3 Å². The standard InChI is InChI=1S/C15H15N3O2/c1-11(12-6-5-9-14(19)10-12)17-18-15(20)16-13-7-3-2-4-8-13/h2-10,19H,1H3,(H2,16,18,20)/b17-11-. The average molecular weight is 269 g/mol. The Morgan fingerprint density at radius 3 is 2.55 bits per heavy atom. The third-order valence-corrected chi connectivity index (χ3v) is 2.62. The highest BCUT2D eigenvalue weighted by atomic mass is 16.3. The molecular weight excluding hydrogens is 254 g/mol. The van der Waals surface area contributed by atoms with Gasteiger partial charge in [0.2, 0.25) is 0 Å². The Morgan fingerprint density at radius 1 is 1.10 bits per heavy atom. The maximum atomic E-state index is 11.6. The fourth-order valence-corrected chi connectivity index (χ4v) is 1.61.